The topological polar surface area (TPSA) is 34.1 Å². The van der Waals surface area contributed by atoms with Crippen molar-refractivity contribution in [3.05, 3.63) is 0 Å². The third kappa shape index (κ3) is 1.81. The van der Waals surface area contributed by atoms with Crippen LogP contribution in [0.2, 0.25) is 0 Å². The van der Waals surface area contributed by atoms with Crippen molar-refractivity contribution in [2.75, 3.05) is 0 Å². The maximum Gasteiger partial charge on any atom is 0.156 e. The van der Waals surface area contributed by atoms with E-state index in [0.29, 0.717) is 11.8 Å². The SMILES string of the molecule is C[C@@H]1C[C@@H]2CC[C@@H](C1)[C@@H](S(=O)(=O)C1CC1)C2. The van der Waals surface area contributed by atoms with Gasteiger partial charge in [-0.05, 0) is 56.3 Å². The molecule has 4 fully saturated rings. The molecule has 4 rings (SSSR count). The molecule has 4 saturated carbocycles. The number of hydrogen-bond donors (Lipinski definition) is 0. The average Bonchev–Trinajstić information content (AvgIpc) is 3.03. The quantitative estimate of drug-likeness (QED) is 0.746. The summed E-state index contributed by atoms with van der Waals surface area (Å²) in [6.07, 6.45) is 7.74. The van der Waals surface area contributed by atoms with Crippen molar-refractivity contribution in [2.45, 2.75) is 62.4 Å². The fourth-order valence-electron chi connectivity index (χ4n) is 3.99. The monoisotopic (exact) mass is 242 g/mol. The molecule has 92 valence electrons. The van der Waals surface area contributed by atoms with Crippen LogP contribution in [0.1, 0.15) is 51.9 Å². The zero-order valence-electron chi connectivity index (χ0n) is 10.1. The first-order valence-electron chi connectivity index (χ1n) is 6.80. The summed E-state index contributed by atoms with van der Waals surface area (Å²) in [4.78, 5) is 0. The van der Waals surface area contributed by atoms with Crippen LogP contribution in [0.25, 0.3) is 0 Å². The minimum atomic E-state index is -2.77. The van der Waals surface area contributed by atoms with Crippen molar-refractivity contribution >= 4 is 9.84 Å². The molecule has 4 aliphatic carbocycles. The maximum atomic E-state index is 12.4. The van der Waals surface area contributed by atoms with Gasteiger partial charge in [0.05, 0.1) is 10.5 Å². The van der Waals surface area contributed by atoms with E-state index < -0.39 is 9.84 Å². The molecule has 0 amide bonds. The van der Waals surface area contributed by atoms with Gasteiger partial charge in [-0.1, -0.05) is 13.3 Å². The van der Waals surface area contributed by atoms with Crippen LogP contribution in [0.4, 0.5) is 0 Å². The van der Waals surface area contributed by atoms with E-state index >= 15 is 0 Å². The summed E-state index contributed by atoms with van der Waals surface area (Å²) >= 11 is 0. The molecular formula is C13H22O2S. The summed E-state index contributed by atoms with van der Waals surface area (Å²) in [6, 6.07) is 0. The smallest absolute Gasteiger partial charge is 0.156 e. The lowest BCUT2D eigenvalue weighted by Crippen LogP contribution is -2.36. The van der Waals surface area contributed by atoms with Crippen molar-refractivity contribution in [3.63, 3.8) is 0 Å². The Balaban J connectivity index is 1.86. The molecule has 16 heavy (non-hydrogen) atoms. The van der Waals surface area contributed by atoms with Gasteiger partial charge in [0.1, 0.15) is 0 Å². The molecule has 0 heterocycles. The molecular weight excluding hydrogens is 220 g/mol. The Kier molecular flexibility index (Phi) is 2.58. The minimum Gasteiger partial charge on any atom is -0.228 e. The molecule has 2 nitrogen and oxygen atoms in total. The Morgan fingerprint density at radius 3 is 2.38 bits per heavy atom. The van der Waals surface area contributed by atoms with Crippen LogP contribution < -0.4 is 0 Å². The lowest BCUT2D eigenvalue weighted by Gasteiger charge is -2.32. The molecule has 0 aromatic heterocycles. The van der Waals surface area contributed by atoms with Crippen LogP contribution in [0.3, 0.4) is 0 Å². The minimum absolute atomic E-state index is 0.0312. The first-order chi connectivity index (χ1) is 7.57. The standard InChI is InChI=1S/C13H22O2S/c1-9-6-10-2-3-11(7-9)13(8-10)16(14,15)12-4-5-12/h9-13H,2-8H2,1H3/t9-,10+,11+,13+/m1/s1. The summed E-state index contributed by atoms with van der Waals surface area (Å²) in [5, 5.41) is 0.0795. The molecule has 0 aromatic rings. The van der Waals surface area contributed by atoms with Gasteiger partial charge in [0.2, 0.25) is 0 Å². The lowest BCUT2D eigenvalue weighted by molar-refractivity contribution is 0.308. The van der Waals surface area contributed by atoms with E-state index in [1.807, 2.05) is 0 Å². The van der Waals surface area contributed by atoms with Crippen LogP contribution in [0.15, 0.2) is 0 Å². The van der Waals surface area contributed by atoms with Crippen LogP contribution in [-0.2, 0) is 9.84 Å². The number of hydrogen-bond acceptors (Lipinski definition) is 2. The summed E-state index contributed by atoms with van der Waals surface area (Å²) in [6.45, 7) is 2.30. The summed E-state index contributed by atoms with van der Waals surface area (Å²) < 4.78 is 24.8. The Hall–Kier alpha value is -0.0500. The molecule has 3 heteroatoms. The summed E-state index contributed by atoms with van der Waals surface area (Å²) in [7, 11) is -2.77. The van der Waals surface area contributed by atoms with Gasteiger partial charge in [0.25, 0.3) is 0 Å². The average molecular weight is 242 g/mol. The summed E-state index contributed by atoms with van der Waals surface area (Å²) in [5.74, 6) is 1.93. The second kappa shape index (κ2) is 3.72. The van der Waals surface area contributed by atoms with Gasteiger partial charge in [-0.25, -0.2) is 8.42 Å². The van der Waals surface area contributed by atoms with Crippen LogP contribution in [0, 0.1) is 17.8 Å². The highest BCUT2D eigenvalue weighted by Crippen LogP contribution is 2.47. The predicted molar refractivity (Wildman–Crippen MR) is 65.0 cm³/mol. The molecule has 2 bridgehead atoms. The Labute approximate surface area is 98.7 Å². The van der Waals surface area contributed by atoms with Gasteiger partial charge in [0, 0.05) is 0 Å². The van der Waals surface area contributed by atoms with E-state index in [1.54, 1.807) is 0 Å². The second-order valence-electron chi connectivity index (χ2n) is 6.34. The molecule has 0 aliphatic heterocycles. The molecule has 0 spiro atoms. The highest BCUT2D eigenvalue weighted by atomic mass is 32.2. The first kappa shape index (κ1) is 11.1. The van der Waals surface area contributed by atoms with Crippen molar-refractivity contribution in [1.29, 1.82) is 0 Å². The van der Waals surface area contributed by atoms with Crippen molar-refractivity contribution in [1.82, 2.24) is 0 Å². The highest BCUT2D eigenvalue weighted by molar-refractivity contribution is 7.92. The van der Waals surface area contributed by atoms with Gasteiger partial charge >= 0.3 is 0 Å². The van der Waals surface area contributed by atoms with Gasteiger partial charge in [-0.3, -0.25) is 0 Å². The third-order valence-corrected chi connectivity index (χ3v) is 7.71. The fourth-order valence-corrected chi connectivity index (χ4v) is 6.60. The van der Waals surface area contributed by atoms with Crippen LogP contribution in [0.5, 0.6) is 0 Å². The zero-order chi connectivity index (χ0) is 11.3. The number of sulfone groups is 1. The third-order valence-electron chi connectivity index (χ3n) is 4.89. The molecule has 4 aliphatic rings. The molecule has 0 radical (unpaired) electrons. The van der Waals surface area contributed by atoms with Gasteiger partial charge < -0.3 is 0 Å². The van der Waals surface area contributed by atoms with Crippen molar-refractivity contribution in [2.24, 2.45) is 17.8 Å². The normalized spacial score (nSPS) is 44.3. The van der Waals surface area contributed by atoms with E-state index in [4.69, 9.17) is 0 Å². The molecule has 4 atom stereocenters. The van der Waals surface area contributed by atoms with Gasteiger partial charge in [-0.15, -0.1) is 0 Å². The predicted octanol–water partition coefficient (Wildman–Crippen LogP) is 2.78. The van der Waals surface area contributed by atoms with Crippen LogP contribution in [-0.4, -0.2) is 18.9 Å². The maximum absolute atomic E-state index is 12.4. The number of fused-ring (bicyclic) bond motifs is 4. The van der Waals surface area contributed by atoms with E-state index in [0.717, 1.165) is 31.6 Å². The second-order valence-corrected chi connectivity index (χ2v) is 8.79. The van der Waals surface area contributed by atoms with Gasteiger partial charge in [0.15, 0.2) is 9.84 Å². The first-order valence-corrected chi connectivity index (χ1v) is 8.41. The Bertz CT molecular complexity index is 369. The Morgan fingerprint density at radius 1 is 0.938 bits per heavy atom. The molecule has 0 N–H and O–H groups in total. The zero-order valence-corrected chi connectivity index (χ0v) is 10.9. The summed E-state index contributed by atoms with van der Waals surface area (Å²) in [5.41, 5.74) is 0. The fraction of sp³-hybridized carbons (Fsp3) is 1.00. The van der Waals surface area contributed by atoms with Crippen molar-refractivity contribution in [3.8, 4) is 0 Å². The number of rotatable bonds is 2. The van der Waals surface area contributed by atoms with E-state index in [9.17, 15) is 8.42 Å². The molecule has 0 aromatic carbocycles. The van der Waals surface area contributed by atoms with Crippen molar-refractivity contribution < 1.29 is 8.42 Å². The largest absolute Gasteiger partial charge is 0.228 e. The van der Waals surface area contributed by atoms with E-state index in [-0.39, 0.29) is 10.5 Å². The van der Waals surface area contributed by atoms with E-state index in [2.05, 4.69) is 6.92 Å². The molecule has 0 unspecified atom stereocenters. The highest BCUT2D eigenvalue weighted by Gasteiger charge is 2.48. The lowest BCUT2D eigenvalue weighted by atomic mass is 9.84. The Morgan fingerprint density at radius 2 is 1.69 bits per heavy atom. The molecule has 0 saturated heterocycles. The van der Waals surface area contributed by atoms with E-state index in [1.165, 1.54) is 19.3 Å². The van der Waals surface area contributed by atoms with Gasteiger partial charge in [-0.2, -0.15) is 0 Å². The van der Waals surface area contributed by atoms with Crippen LogP contribution >= 0.6 is 0 Å².